The summed E-state index contributed by atoms with van der Waals surface area (Å²) in [6.07, 6.45) is -0.832. The van der Waals surface area contributed by atoms with Gasteiger partial charge in [0, 0.05) is 5.69 Å². The molecule has 3 rings (SSSR count). The number of β-amino-alcohol motifs (C(OH)–C–C–N with tert-alkyl or cyclic N) is 1. The zero-order valence-corrected chi connectivity index (χ0v) is 10.9. The van der Waals surface area contributed by atoms with Crippen LogP contribution in [0.1, 0.15) is 24.5 Å². The second-order valence-electron chi connectivity index (χ2n) is 5.16. The lowest BCUT2D eigenvalue weighted by atomic mass is 10.1. The van der Waals surface area contributed by atoms with Crippen molar-refractivity contribution in [3.63, 3.8) is 0 Å². The first kappa shape index (κ1) is 13.1. The molecule has 20 heavy (non-hydrogen) atoms. The molecule has 106 valence electrons. The summed E-state index contributed by atoms with van der Waals surface area (Å²) in [5.41, 5.74) is 6.80. The van der Waals surface area contributed by atoms with Gasteiger partial charge in [-0.2, -0.15) is 0 Å². The van der Waals surface area contributed by atoms with Crippen LogP contribution in [0.15, 0.2) is 24.3 Å². The first-order valence-corrected chi connectivity index (χ1v) is 6.60. The number of nitrogens with two attached hydrogens (primary N) is 1. The number of likely N-dealkylation sites (tertiary alicyclic amines) is 1. The largest absolute Gasteiger partial charge is 0.399 e. The minimum atomic E-state index is -0.916. The van der Waals surface area contributed by atoms with Gasteiger partial charge in [-0.15, -0.1) is 0 Å². The molecule has 1 aromatic carbocycles. The normalized spacial score (nSPS) is 26.9. The Bertz CT molecular complexity index is 521. The van der Waals surface area contributed by atoms with Crippen LogP contribution in [-0.2, 0) is 14.3 Å². The highest BCUT2D eigenvalue weighted by Gasteiger charge is 2.46. The van der Waals surface area contributed by atoms with E-state index >= 15 is 0 Å². The summed E-state index contributed by atoms with van der Waals surface area (Å²) in [5, 5.41) is 10.2. The van der Waals surface area contributed by atoms with Gasteiger partial charge in [-0.3, -0.25) is 14.5 Å². The fraction of sp³-hybridized carbons (Fsp3) is 0.429. The molecule has 0 aromatic heterocycles. The Labute approximate surface area is 116 Å². The van der Waals surface area contributed by atoms with Crippen molar-refractivity contribution < 1.29 is 19.4 Å². The summed E-state index contributed by atoms with van der Waals surface area (Å²) in [7, 11) is 0. The molecule has 0 radical (unpaired) electrons. The first-order valence-electron chi connectivity index (χ1n) is 6.60. The van der Waals surface area contributed by atoms with Crippen LogP contribution >= 0.6 is 0 Å². The lowest BCUT2D eigenvalue weighted by molar-refractivity contribution is -0.170. The van der Waals surface area contributed by atoms with E-state index in [1.165, 1.54) is 0 Å². The number of carbonyl (C=O) groups excluding carboxylic acids is 2. The van der Waals surface area contributed by atoms with Gasteiger partial charge in [0.25, 0.3) is 11.8 Å². The number of carbonyl (C=O) groups is 2. The maximum Gasteiger partial charge on any atom is 0.258 e. The number of hydrogen-bond acceptors (Lipinski definition) is 5. The highest BCUT2D eigenvalue weighted by molar-refractivity contribution is 6.02. The Morgan fingerprint density at radius 1 is 1.20 bits per heavy atom. The molecule has 3 atom stereocenters. The molecule has 0 spiro atoms. The number of anilines is 1. The second-order valence-corrected chi connectivity index (χ2v) is 5.16. The highest BCUT2D eigenvalue weighted by Crippen LogP contribution is 2.29. The van der Waals surface area contributed by atoms with Crippen LogP contribution in [0.25, 0.3) is 0 Å². The third-order valence-electron chi connectivity index (χ3n) is 3.78. The predicted molar refractivity (Wildman–Crippen MR) is 70.4 cm³/mol. The summed E-state index contributed by atoms with van der Waals surface area (Å²) in [5.74, 6) is -0.698. The fourth-order valence-corrected chi connectivity index (χ4v) is 2.63. The molecule has 2 aliphatic rings. The molecule has 6 heteroatoms. The average molecular weight is 276 g/mol. The van der Waals surface area contributed by atoms with Crippen molar-refractivity contribution in [2.45, 2.75) is 31.2 Å². The predicted octanol–water partition coefficient (Wildman–Crippen LogP) is 0.219. The molecule has 2 fully saturated rings. The molecule has 0 aliphatic carbocycles. The number of aliphatic hydroxyl groups is 1. The molecular formula is C14H16N2O4. The monoisotopic (exact) mass is 276 g/mol. The number of imide groups is 1. The lowest BCUT2D eigenvalue weighted by Crippen LogP contribution is -2.52. The molecular weight excluding hydrogens is 260 g/mol. The Balaban J connectivity index is 1.75. The SMILES string of the molecule is Nc1ccc(C(O)CN2C(=O)C3CCC(O3)C2=O)cc1. The van der Waals surface area contributed by atoms with E-state index in [-0.39, 0.29) is 18.4 Å². The quantitative estimate of drug-likeness (QED) is 0.608. The van der Waals surface area contributed by atoms with Crippen molar-refractivity contribution >= 4 is 17.5 Å². The van der Waals surface area contributed by atoms with Gasteiger partial charge < -0.3 is 15.6 Å². The van der Waals surface area contributed by atoms with E-state index in [2.05, 4.69) is 0 Å². The Hall–Kier alpha value is -1.92. The summed E-state index contributed by atoms with van der Waals surface area (Å²) in [6.45, 7) is -0.0437. The van der Waals surface area contributed by atoms with Crippen LogP contribution in [0, 0.1) is 0 Å². The first-order chi connectivity index (χ1) is 9.56. The minimum Gasteiger partial charge on any atom is -0.399 e. The second kappa shape index (κ2) is 4.88. The molecule has 2 heterocycles. The van der Waals surface area contributed by atoms with E-state index in [0.29, 0.717) is 24.1 Å². The van der Waals surface area contributed by atoms with Gasteiger partial charge in [0.15, 0.2) is 0 Å². The van der Waals surface area contributed by atoms with Crippen LogP contribution in [0.4, 0.5) is 5.69 Å². The van der Waals surface area contributed by atoms with E-state index < -0.39 is 18.3 Å². The maximum atomic E-state index is 12.1. The smallest absolute Gasteiger partial charge is 0.258 e. The summed E-state index contributed by atoms with van der Waals surface area (Å²) >= 11 is 0. The average Bonchev–Trinajstić information content (AvgIpc) is 2.89. The number of amides is 2. The highest BCUT2D eigenvalue weighted by atomic mass is 16.5. The molecule has 2 aliphatic heterocycles. The topological polar surface area (TPSA) is 92.9 Å². The molecule has 3 N–H and O–H groups in total. The zero-order chi connectivity index (χ0) is 14.3. The van der Waals surface area contributed by atoms with Gasteiger partial charge in [0.2, 0.25) is 0 Å². The van der Waals surface area contributed by atoms with E-state index in [1.54, 1.807) is 24.3 Å². The van der Waals surface area contributed by atoms with Crippen molar-refractivity contribution in [3.05, 3.63) is 29.8 Å². The fourth-order valence-electron chi connectivity index (χ4n) is 2.63. The van der Waals surface area contributed by atoms with Gasteiger partial charge in [-0.1, -0.05) is 12.1 Å². The van der Waals surface area contributed by atoms with E-state index in [1.807, 2.05) is 0 Å². The summed E-state index contributed by atoms with van der Waals surface area (Å²) < 4.78 is 5.32. The Kier molecular flexibility index (Phi) is 3.19. The number of nitrogen functional groups attached to an aromatic ring is 1. The Morgan fingerprint density at radius 2 is 1.75 bits per heavy atom. The van der Waals surface area contributed by atoms with Crippen LogP contribution in [0.2, 0.25) is 0 Å². The van der Waals surface area contributed by atoms with Gasteiger partial charge >= 0.3 is 0 Å². The maximum absolute atomic E-state index is 12.1. The van der Waals surface area contributed by atoms with Crippen LogP contribution in [-0.4, -0.2) is 40.6 Å². The third kappa shape index (κ3) is 2.17. The van der Waals surface area contributed by atoms with Crippen molar-refractivity contribution in [2.75, 3.05) is 12.3 Å². The summed E-state index contributed by atoms with van der Waals surface area (Å²) in [4.78, 5) is 25.2. The number of benzene rings is 1. The standard InChI is InChI=1S/C14H16N2O4/c15-9-3-1-8(2-4-9)10(17)7-16-13(18)11-5-6-12(20-11)14(16)19/h1-4,10-12,17H,5-7,15H2. The van der Waals surface area contributed by atoms with Gasteiger partial charge in [0.05, 0.1) is 12.6 Å². The van der Waals surface area contributed by atoms with Gasteiger partial charge in [-0.25, -0.2) is 0 Å². The third-order valence-corrected chi connectivity index (χ3v) is 3.78. The Morgan fingerprint density at radius 3 is 2.30 bits per heavy atom. The number of hydrogen-bond donors (Lipinski definition) is 2. The molecule has 0 saturated carbocycles. The molecule has 3 unspecified atom stereocenters. The molecule has 2 amide bonds. The van der Waals surface area contributed by atoms with Crippen molar-refractivity contribution in [3.8, 4) is 0 Å². The van der Waals surface area contributed by atoms with E-state index in [0.717, 1.165) is 4.90 Å². The van der Waals surface area contributed by atoms with Crippen molar-refractivity contribution in [2.24, 2.45) is 0 Å². The van der Waals surface area contributed by atoms with E-state index in [9.17, 15) is 14.7 Å². The summed E-state index contributed by atoms with van der Waals surface area (Å²) in [6, 6.07) is 6.71. The number of aliphatic hydroxyl groups excluding tert-OH is 1. The lowest BCUT2D eigenvalue weighted by Gasteiger charge is -2.31. The molecule has 2 saturated heterocycles. The van der Waals surface area contributed by atoms with Crippen LogP contribution in [0.5, 0.6) is 0 Å². The number of morpholine rings is 1. The van der Waals surface area contributed by atoms with Crippen LogP contribution in [0.3, 0.4) is 0 Å². The number of fused-ring (bicyclic) bond motifs is 2. The van der Waals surface area contributed by atoms with E-state index in [4.69, 9.17) is 10.5 Å². The van der Waals surface area contributed by atoms with Gasteiger partial charge in [0.1, 0.15) is 12.2 Å². The molecule has 1 aromatic rings. The molecule has 2 bridgehead atoms. The zero-order valence-electron chi connectivity index (χ0n) is 10.9. The number of nitrogens with zero attached hydrogens (tertiary/aromatic N) is 1. The number of rotatable bonds is 3. The van der Waals surface area contributed by atoms with Crippen molar-refractivity contribution in [1.29, 1.82) is 0 Å². The van der Waals surface area contributed by atoms with Gasteiger partial charge in [-0.05, 0) is 30.5 Å². The van der Waals surface area contributed by atoms with Crippen molar-refractivity contribution in [1.82, 2.24) is 4.90 Å². The number of ether oxygens (including phenoxy) is 1. The molecule has 6 nitrogen and oxygen atoms in total. The van der Waals surface area contributed by atoms with Crippen LogP contribution < -0.4 is 5.73 Å². The minimum absolute atomic E-state index is 0.0437.